The first-order valence-corrected chi connectivity index (χ1v) is 7.07. The molecular weight excluding hydrogens is 191 g/mol. The minimum absolute atomic E-state index is 0.295. The summed E-state index contributed by atoms with van der Waals surface area (Å²) >= 11 is 6.69. The monoisotopic (exact) mass is 202 g/mol. The van der Waals surface area contributed by atoms with Gasteiger partial charge in [0.2, 0.25) is 0 Å². The largest absolute Gasteiger partial charge is 0.346 e. The summed E-state index contributed by atoms with van der Waals surface area (Å²) in [5, 5.41) is 0.295. The van der Waals surface area contributed by atoms with Crippen molar-refractivity contribution < 1.29 is 9.09 Å². The van der Waals surface area contributed by atoms with Crippen molar-refractivity contribution in [2.75, 3.05) is 7.11 Å². The SMILES string of the molecule is CCC(C)SP(=O)(Cl)OC. The number of rotatable bonds is 4. The lowest BCUT2D eigenvalue weighted by Gasteiger charge is -2.11. The lowest BCUT2D eigenvalue weighted by atomic mass is 10.4. The highest BCUT2D eigenvalue weighted by atomic mass is 35.7. The molecule has 0 saturated carbocycles. The van der Waals surface area contributed by atoms with Gasteiger partial charge in [0.15, 0.2) is 0 Å². The Hall–Kier alpha value is 0.830. The van der Waals surface area contributed by atoms with Crippen LogP contribution in [-0.2, 0) is 9.09 Å². The van der Waals surface area contributed by atoms with E-state index in [1.54, 1.807) is 0 Å². The molecule has 62 valence electrons. The standard InChI is InChI=1S/C5H12ClO2PS/c1-4-5(2)10-9(6,7)8-3/h5H,4H2,1-3H3. The molecular formula is C5H12ClO2PS. The Morgan fingerprint density at radius 2 is 2.30 bits per heavy atom. The third kappa shape index (κ3) is 4.62. The van der Waals surface area contributed by atoms with Gasteiger partial charge in [-0.1, -0.05) is 25.2 Å². The second kappa shape index (κ2) is 4.66. The molecule has 0 aromatic heterocycles. The molecule has 0 aliphatic rings. The summed E-state index contributed by atoms with van der Waals surface area (Å²) in [5.74, 6) is -2.86. The molecule has 10 heavy (non-hydrogen) atoms. The second-order valence-corrected chi connectivity index (χ2v) is 8.19. The van der Waals surface area contributed by atoms with Gasteiger partial charge in [0.1, 0.15) is 0 Å². The number of hydrogen-bond donors (Lipinski definition) is 0. The molecule has 0 amide bonds. The van der Waals surface area contributed by atoms with E-state index in [9.17, 15) is 4.57 Å². The molecule has 0 bridgehead atoms. The quantitative estimate of drug-likeness (QED) is 0.653. The fourth-order valence-electron chi connectivity index (χ4n) is 0.333. The van der Waals surface area contributed by atoms with Gasteiger partial charge in [0, 0.05) is 12.4 Å². The summed E-state index contributed by atoms with van der Waals surface area (Å²) in [4.78, 5) is 0. The fraction of sp³-hybridized carbons (Fsp3) is 1.00. The Labute approximate surface area is 70.7 Å². The third-order valence-electron chi connectivity index (χ3n) is 1.10. The van der Waals surface area contributed by atoms with Crippen LogP contribution in [0.3, 0.4) is 0 Å². The molecule has 0 N–H and O–H groups in total. The summed E-state index contributed by atoms with van der Waals surface area (Å²) < 4.78 is 15.7. The molecule has 0 aromatic carbocycles. The average molecular weight is 203 g/mol. The molecule has 0 aromatic rings. The maximum absolute atomic E-state index is 11.1. The van der Waals surface area contributed by atoms with Crippen LogP contribution < -0.4 is 0 Å². The van der Waals surface area contributed by atoms with Crippen molar-refractivity contribution in [3.8, 4) is 0 Å². The second-order valence-electron chi connectivity index (χ2n) is 1.94. The minimum Gasteiger partial charge on any atom is -0.313 e. The van der Waals surface area contributed by atoms with Gasteiger partial charge in [-0.3, -0.25) is 4.57 Å². The van der Waals surface area contributed by atoms with Gasteiger partial charge < -0.3 is 4.52 Å². The van der Waals surface area contributed by atoms with E-state index in [-0.39, 0.29) is 0 Å². The van der Waals surface area contributed by atoms with E-state index < -0.39 is 5.92 Å². The maximum Gasteiger partial charge on any atom is 0.346 e. The molecule has 2 atom stereocenters. The first-order chi connectivity index (χ1) is 4.52. The molecule has 0 heterocycles. The van der Waals surface area contributed by atoms with E-state index in [4.69, 9.17) is 11.2 Å². The van der Waals surface area contributed by atoms with Crippen molar-refractivity contribution in [1.82, 2.24) is 0 Å². The van der Waals surface area contributed by atoms with E-state index >= 15 is 0 Å². The predicted octanol–water partition coefficient (Wildman–Crippen LogP) is 3.51. The lowest BCUT2D eigenvalue weighted by molar-refractivity contribution is 0.422. The highest BCUT2D eigenvalue weighted by Crippen LogP contribution is 2.65. The normalized spacial score (nSPS) is 20.0. The first-order valence-electron chi connectivity index (χ1n) is 3.05. The summed E-state index contributed by atoms with van der Waals surface area (Å²) in [6.45, 7) is 3.99. The lowest BCUT2D eigenvalue weighted by Crippen LogP contribution is -1.90. The van der Waals surface area contributed by atoms with Crippen LogP contribution in [0, 0.1) is 0 Å². The third-order valence-corrected chi connectivity index (χ3v) is 5.89. The fourth-order valence-corrected chi connectivity index (χ4v) is 4.22. The average Bonchev–Trinajstić information content (AvgIpc) is 1.87. The van der Waals surface area contributed by atoms with Gasteiger partial charge in [-0.05, 0) is 17.7 Å². The molecule has 5 heteroatoms. The zero-order valence-electron chi connectivity index (χ0n) is 6.33. The van der Waals surface area contributed by atoms with E-state index in [0.717, 1.165) is 6.42 Å². The molecule has 0 aliphatic carbocycles. The molecule has 0 spiro atoms. The molecule has 2 nitrogen and oxygen atoms in total. The molecule has 2 unspecified atom stereocenters. The number of hydrogen-bond acceptors (Lipinski definition) is 3. The Bertz CT molecular complexity index is 142. The van der Waals surface area contributed by atoms with Gasteiger partial charge in [0.25, 0.3) is 0 Å². The van der Waals surface area contributed by atoms with Crippen LogP contribution in [0.25, 0.3) is 0 Å². The summed E-state index contributed by atoms with van der Waals surface area (Å²) in [7, 11) is 1.36. The van der Waals surface area contributed by atoms with E-state index in [1.807, 2.05) is 13.8 Å². The van der Waals surface area contributed by atoms with Crippen LogP contribution in [0.2, 0.25) is 0 Å². The Balaban J connectivity index is 3.77. The van der Waals surface area contributed by atoms with Crippen molar-refractivity contribution in [2.45, 2.75) is 25.5 Å². The number of halogens is 1. The van der Waals surface area contributed by atoms with Crippen LogP contribution in [-0.4, -0.2) is 12.4 Å². The van der Waals surface area contributed by atoms with Crippen molar-refractivity contribution in [3.63, 3.8) is 0 Å². The van der Waals surface area contributed by atoms with Gasteiger partial charge in [0.05, 0.1) is 0 Å². The zero-order chi connectivity index (χ0) is 8.20. The van der Waals surface area contributed by atoms with Crippen molar-refractivity contribution in [1.29, 1.82) is 0 Å². The first kappa shape index (κ1) is 10.8. The molecule has 0 rings (SSSR count). The van der Waals surface area contributed by atoms with Crippen LogP contribution in [0.4, 0.5) is 0 Å². The van der Waals surface area contributed by atoms with Crippen molar-refractivity contribution in [2.24, 2.45) is 0 Å². The Morgan fingerprint density at radius 3 is 2.60 bits per heavy atom. The molecule has 0 fully saturated rings. The zero-order valence-corrected chi connectivity index (χ0v) is 8.80. The highest BCUT2D eigenvalue weighted by Gasteiger charge is 2.20. The summed E-state index contributed by atoms with van der Waals surface area (Å²) in [6, 6.07) is 0. The molecule has 0 saturated heterocycles. The molecule has 0 radical (unpaired) electrons. The summed E-state index contributed by atoms with van der Waals surface area (Å²) in [6.07, 6.45) is 0.949. The van der Waals surface area contributed by atoms with Crippen molar-refractivity contribution >= 4 is 28.5 Å². The van der Waals surface area contributed by atoms with Crippen LogP contribution in [0.5, 0.6) is 0 Å². The smallest absolute Gasteiger partial charge is 0.313 e. The topological polar surface area (TPSA) is 26.3 Å². The van der Waals surface area contributed by atoms with E-state index in [2.05, 4.69) is 4.52 Å². The van der Waals surface area contributed by atoms with Crippen molar-refractivity contribution in [3.05, 3.63) is 0 Å². The predicted molar refractivity (Wildman–Crippen MR) is 47.8 cm³/mol. The van der Waals surface area contributed by atoms with Gasteiger partial charge in [-0.2, -0.15) is 0 Å². The summed E-state index contributed by atoms with van der Waals surface area (Å²) in [5.41, 5.74) is 0. The Kier molecular flexibility index (Phi) is 5.04. The van der Waals surface area contributed by atoms with Crippen LogP contribution in [0.15, 0.2) is 0 Å². The highest BCUT2D eigenvalue weighted by molar-refractivity contribution is 8.64. The van der Waals surface area contributed by atoms with E-state index in [1.165, 1.54) is 18.5 Å². The maximum atomic E-state index is 11.1. The van der Waals surface area contributed by atoms with Gasteiger partial charge in [-0.25, -0.2) is 0 Å². The van der Waals surface area contributed by atoms with Crippen LogP contribution in [0.1, 0.15) is 20.3 Å². The van der Waals surface area contributed by atoms with Gasteiger partial charge >= 0.3 is 5.92 Å². The van der Waals surface area contributed by atoms with E-state index in [0.29, 0.717) is 5.25 Å². The van der Waals surface area contributed by atoms with Crippen LogP contribution >= 0.6 is 28.5 Å². The minimum atomic E-state index is -2.86. The molecule has 0 aliphatic heterocycles. The van der Waals surface area contributed by atoms with Gasteiger partial charge in [-0.15, -0.1) is 0 Å². The Morgan fingerprint density at radius 1 is 1.80 bits per heavy atom.